The Balaban J connectivity index is 1.77. The number of benzene rings is 1. The molecule has 2 aromatic heterocycles. The van der Waals surface area contributed by atoms with Crippen LogP contribution in [0.2, 0.25) is 5.02 Å². The van der Waals surface area contributed by atoms with Gasteiger partial charge in [-0.25, -0.2) is 4.68 Å². The van der Waals surface area contributed by atoms with Crippen molar-refractivity contribution in [2.45, 2.75) is 26.4 Å². The van der Waals surface area contributed by atoms with Gasteiger partial charge >= 0.3 is 0 Å². The van der Waals surface area contributed by atoms with Crippen molar-refractivity contribution in [1.82, 2.24) is 24.2 Å². The molecule has 0 saturated carbocycles. The van der Waals surface area contributed by atoms with Crippen molar-refractivity contribution in [3.63, 3.8) is 0 Å². The Morgan fingerprint density at radius 1 is 1.15 bits per heavy atom. The van der Waals surface area contributed by atoms with Gasteiger partial charge in [0.25, 0.3) is 0 Å². The van der Waals surface area contributed by atoms with Crippen molar-refractivity contribution in [2.75, 3.05) is 13.1 Å². The number of rotatable bonds is 4. The van der Waals surface area contributed by atoms with Crippen molar-refractivity contribution >= 4 is 23.8 Å². The maximum Gasteiger partial charge on any atom is 0.204 e. The fraction of sp³-hybridized carbons (Fsp3) is 0.350. The highest BCUT2D eigenvalue weighted by Gasteiger charge is 2.20. The van der Waals surface area contributed by atoms with Gasteiger partial charge in [-0.1, -0.05) is 18.5 Å². The molecule has 0 aliphatic carbocycles. The van der Waals surface area contributed by atoms with Gasteiger partial charge in [-0.3, -0.25) is 14.5 Å². The number of likely N-dealkylation sites (tertiary alicyclic amines) is 1. The number of halogens is 1. The number of piperidine rings is 1. The number of hydrogen-bond donors (Lipinski definition) is 0. The van der Waals surface area contributed by atoms with E-state index in [9.17, 15) is 0 Å². The summed E-state index contributed by atoms with van der Waals surface area (Å²) < 4.78 is 4.62. The third kappa shape index (κ3) is 3.98. The number of nitrogens with zero attached hydrogens (tertiary/aromatic N) is 5. The molecule has 1 aliphatic rings. The predicted molar refractivity (Wildman–Crippen MR) is 111 cm³/mol. The van der Waals surface area contributed by atoms with Crippen LogP contribution in [-0.2, 0) is 6.67 Å². The van der Waals surface area contributed by atoms with Crippen LogP contribution >= 0.6 is 23.8 Å². The molecule has 1 aliphatic heterocycles. The predicted octanol–water partition coefficient (Wildman–Crippen LogP) is 4.81. The summed E-state index contributed by atoms with van der Waals surface area (Å²) in [5.41, 5.74) is 1.94. The zero-order chi connectivity index (χ0) is 18.8. The number of aromatic nitrogens is 4. The Kier molecular flexibility index (Phi) is 5.38. The minimum atomic E-state index is 0.683. The molecule has 0 N–H and O–H groups in total. The zero-order valence-electron chi connectivity index (χ0n) is 15.3. The molecule has 7 heteroatoms. The van der Waals surface area contributed by atoms with E-state index in [0.717, 1.165) is 30.2 Å². The molecule has 140 valence electrons. The Morgan fingerprint density at radius 3 is 2.59 bits per heavy atom. The van der Waals surface area contributed by atoms with Gasteiger partial charge in [0, 0.05) is 29.5 Å². The fourth-order valence-electron chi connectivity index (χ4n) is 3.62. The molecule has 4 rings (SSSR count). The van der Waals surface area contributed by atoms with Crippen LogP contribution in [0.4, 0.5) is 0 Å². The summed E-state index contributed by atoms with van der Waals surface area (Å²) >= 11 is 11.9. The smallest absolute Gasteiger partial charge is 0.204 e. The molecule has 0 bridgehead atoms. The van der Waals surface area contributed by atoms with E-state index in [1.54, 1.807) is 12.4 Å². The first kappa shape index (κ1) is 18.3. The number of hydrogen-bond acceptors (Lipinski definition) is 4. The Morgan fingerprint density at radius 2 is 1.89 bits per heavy atom. The van der Waals surface area contributed by atoms with Gasteiger partial charge in [0.15, 0.2) is 5.82 Å². The maximum atomic E-state index is 6.07. The van der Waals surface area contributed by atoms with Crippen LogP contribution in [0.3, 0.4) is 0 Å². The molecule has 1 fully saturated rings. The quantitative estimate of drug-likeness (QED) is 0.590. The summed E-state index contributed by atoms with van der Waals surface area (Å²) in [5.74, 6) is 1.53. The molecule has 0 amide bonds. The van der Waals surface area contributed by atoms with E-state index < -0.39 is 0 Å². The van der Waals surface area contributed by atoms with Gasteiger partial charge in [0.2, 0.25) is 4.77 Å². The van der Waals surface area contributed by atoms with Gasteiger partial charge in [-0.2, -0.15) is 0 Å². The Bertz CT molecular complexity index is 964. The minimum Gasteiger partial charge on any atom is -0.284 e. The summed E-state index contributed by atoms with van der Waals surface area (Å²) in [6, 6.07) is 11.6. The van der Waals surface area contributed by atoms with Crippen LogP contribution in [0.5, 0.6) is 0 Å². The zero-order valence-corrected chi connectivity index (χ0v) is 16.8. The fourth-order valence-corrected chi connectivity index (χ4v) is 4.03. The van der Waals surface area contributed by atoms with Crippen molar-refractivity contribution in [3.8, 4) is 17.1 Å². The molecule has 27 heavy (non-hydrogen) atoms. The van der Waals surface area contributed by atoms with Crippen LogP contribution in [-0.4, -0.2) is 37.3 Å². The van der Waals surface area contributed by atoms with Crippen LogP contribution in [0.15, 0.2) is 48.8 Å². The molecule has 1 atom stereocenters. The van der Waals surface area contributed by atoms with Crippen LogP contribution in [0.25, 0.3) is 17.1 Å². The van der Waals surface area contributed by atoms with E-state index in [1.807, 2.05) is 45.6 Å². The van der Waals surface area contributed by atoms with E-state index in [0.29, 0.717) is 22.4 Å². The summed E-state index contributed by atoms with van der Waals surface area (Å²) in [5, 5.41) is 5.57. The van der Waals surface area contributed by atoms with Crippen molar-refractivity contribution in [2.24, 2.45) is 5.92 Å². The Hall–Kier alpha value is -2.02. The summed E-state index contributed by atoms with van der Waals surface area (Å²) in [6.07, 6.45) is 6.07. The molecule has 1 aromatic carbocycles. The highest BCUT2D eigenvalue weighted by Crippen LogP contribution is 2.24. The van der Waals surface area contributed by atoms with E-state index in [-0.39, 0.29) is 0 Å². The first-order valence-corrected chi connectivity index (χ1v) is 9.99. The second-order valence-corrected chi connectivity index (χ2v) is 7.92. The molecule has 0 unspecified atom stereocenters. The van der Waals surface area contributed by atoms with Gasteiger partial charge in [-0.15, -0.1) is 5.10 Å². The first-order valence-electron chi connectivity index (χ1n) is 9.20. The average Bonchev–Trinajstić information content (AvgIpc) is 3.00. The van der Waals surface area contributed by atoms with Gasteiger partial charge in [-0.05, 0) is 73.9 Å². The molecular formula is C20H22ClN5S. The molecule has 5 nitrogen and oxygen atoms in total. The van der Waals surface area contributed by atoms with Gasteiger partial charge in [0.1, 0.15) is 0 Å². The van der Waals surface area contributed by atoms with Crippen LogP contribution in [0, 0.1) is 10.7 Å². The van der Waals surface area contributed by atoms with E-state index in [1.165, 1.54) is 12.8 Å². The van der Waals surface area contributed by atoms with E-state index >= 15 is 0 Å². The third-order valence-corrected chi connectivity index (χ3v) is 5.58. The molecular weight excluding hydrogens is 378 g/mol. The summed E-state index contributed by atoms with van der Waals surface area (Å²) in [7, 11) is 0. The maximum absolute atomic E-state index is 6.07. The van der Waals surface area contributed by atoms with Crippen LogP contribution < -0.4 is 0 Å². The monoisotopic (exact) mass is 399 g/mol. The lowest BCUT2D eigenvalue weighted by atomic mass is 10.0. The lowest BCUT2D eigenvalue weighted by Crippen LogP contribution is -2.36. The molecule has 0 radical (unpaired) electrons. The van der Waals surface area contributed by atoms with E-state index in [4.69, 9.17) is 28.9 Å². The highest BCUT2D eigenvalue weighted by molar-refractivity contribution is 7.71. The first-order chi connectivity index (χ1) is 13.1. The largest absolute Gasteiger partial charge is 0.284 e. The topological polar surface area (TPSA) is 38.9 Å². The number of pyridine rings is 1. The van der Waals surface area contributed by atoms with Crippen LogP contribution in [0.1, 0.15) is 19.8 Å². The lowest BCUT2D eigenvalue weighted by molar-refractivity contribution is 0.138. The second-order valence-electron chi connectivity index (χ2n) is 7.12. The van der Waals surface area contributed by atoms with E-state index in [2.05, 4.69) is 16.8 Å². The third-order valence-electron chi connectivity index (χ3n) is 4.94. The Labute approximate surface area is 169 Å². The molecule has 0 spiro atoms. The standard InChI is InChI=1S/C20H22ClN5S/c1-15-3-2-12-24(13-15)14-25-20(27)26(18-6-4-17(21)5-7-18)19(23-25)16-8-10-22-11-9-16/h4-11,15H,2-3,12-14H2,1H3/t15-/m0/s1. The lowest BCUT2D eigenvalue weighted by Gasteiger charge is -2.30. The average molecular weight is 400 g/mol. The molecule has 3 heterocycles. The minimum absolute atomic E-state index is 0.683. The summed E-state index contributed by atoms with van der Waals surface area (Å²) in [6.45, 7) is 5.19. The van der Waals surface area contributed by atoms with Gasteiger partial charge in [0.05, 0.1) is 12.4 Å². The highest BCUT2D eigenvalue weighted by atomic mass is 35.5. The second kappa shape index (κ2) is 7.92. The van der Waals surface area contributed by atoms with Gasteiger partial charge < -0.3 is 0 Å². The molecule has 1 saturated heterocycles. The van der Waals surface area contributed by atoms with Crippen molar-refractivity contribution < 1.29 is 0 Å². The van der Waals surface area contributed by atoms with Crippen molar-refractivity contribution in [1.29, 1.82) is 0 Å². The summed E-state index contributed by atoms with van der Waals surface area (Å²) in [4.78, 5) is 6.55. The van der Waals surface area contributed by atoms with Crippen molar-refractivity contribution in [3.05, 3.63) is 58.6 Å². The normalized spacial score (nSPS) is 17.9. The molecule has 3 aromatic rings. The SMILES string of the molecule is C[C@H]1CCCN(Cn2nc(-c3ccncc3)n(-c3ccc(Cl)cc3)c2=S)C1.